The molecular formula is C24H24N6O. The third kappa shape index (κ3) is 4.40. The fourth-order valence-electron chi connectivity index (χ4n) is 3.55. The molecule has 0 saturated carbocycles. The number of benzene rings is 2. The minimum Gasteiger partial charge on any atom is -0.383 e. The summed E-state index contributed by atoms with van der Waals surface area (Å²) in [5, 5.41) is 5.48. The Kier molecular flexibility index (Phi) is 5.41. The van der Waals surface area contributed by atoms with E-state index in [1.54, 1.807) is 12.4 Å². The molecule has 0 fully saturated rings. The lowest BCUT2D eigenvalue weighted by Gasteiger charge is -2.19. The van der Waals surface area contributed by atoms with Crippen molar-refractivity contribution < 1.29 is 4.79 Å². The number of imidazole rings is 1. The van der Waals surface area contributed by atoms with Crippen molar-refractivity contribution in [3.8, 4) is 0 Å². The predicted molar refractivity (Wildman–Crippen MR) is 123 cm³/mol. The largest absolute Gasteiger partial charge is 0.383 e. The number of nitrogens with two attached hydrogens (primary N) is 2. The van der Waals surface area contributed by atoms with Crippen LogP contribution in [0.15, 0.2) is 73.1 Å². The van der Waals surface area contributed by atoms with Gasteiger partial charge in [0.2, 0.25) is 5.91 Å². The number of aromatic amines is 1. The zero-order valence-corrected chi connectivity index (χ0v) is 17.2. The molecule has 2 heterocycles. The molecular weight excluding hydrogens is 388 g/mol. The SMILES string of the molecule is C=C(Cc1cnc(C(Nc2ccc3c(N)nccc3c2)c2cccc(C)c2)[nH]1)C(N)=O. The highest BCUT2D eigenvalue weighted by atomic mass is 16.1. The van der Waals surface area contributed by atoms with E-state index in [4.69, 9.17) is 11.5 Å². The molecule has 1 amide bonds. The van der Waals surface area contributed by atoms with Crippen LogP contribution in [0.3, 0.4) is 0 Å². The lowest BCUT2D eigenvalue weighted by Crippen LogP contribution is -2.15. The monoisotopic (exact) mass is 412 g/mol. The van der Waals surface area contributed by atoms with Crippen LogP contribution in [0.25, 0.3) is 10.8 Å². The molecule has 1 unspecified atom stereocenters. The first-order valence-electron chi connectivity index (χ1n) is 9.89. The Labute approximate surface area is 180 Å². The van der Waals surface area contributed by atoms with Crippen LogP contribution in [0.4, 0.5) is 11.5 Å². The van der Waals surface area contributed by atoms with Crippen molar-refractivity contribution in [2.24, 2.45) is 5.73 Å². The van der Waals surface area contributed by atoms with Gasteiger partial charge in [0, 0.05) is 41.2 Å². The summed E-state index contributed by atoms with van der Waals surface area (Å²) in [4.78, 5) is 23.4. The Morgan fingerprint density at radius 1 is 1.19 bits per heavy atom. The number of anilines is 2. The number of H-pyrrole nitrogens is 1. The molecule has 6 N–H and O–H groups in total. The Morgan fingerprint density at radius 2 is 2.03 bits per heavy atom. The molecule has 1 atom stereocenters. The van der Waals surface area contributed by atoms with Crippen LogP contribution in [0.5, 0.6) is 0 Å². The van der Waals surface area contributed by atoms with Crippen molar-refractivity contribution in [3.05, 3.63) is 95.7 Å². The first kappa shape index (κ1) is 20.2. The molecule has 0 aliphatic heterocycles. The number of hydrogen-bond donors (Lipinski definition) is 4. The molecule has 0 bridgehead atoms. The maximum Gasteiger partial charge on any atom is 0.244 e. The van der Waals surface area contributed by atoms with Gasteiger partial charge in [-0.2, -0.15) is 0 Å². The van der Waals surface area contributed by atoms with E-state index >= 15 is 0 Å². The van der Waals surface area contributed by atoms with Crippen molar-refractivity contribution in [2.45, 2.75) is 19.4 Å². The molecule has 2 aromatic carbocycles. The lowest BCUT2D eigenvalue weighted by atomic mass is 10.0. The Balaban J connectivity index is 1.70. The van der Waals surface area contributed by atoms with E-state index in [1.807, 2.05) is 30.3 Å². The second-order valence-electron chi connectivity index (χ2n) is 7.56. The smallest absolute Gasteiger partial charge is 0.244 e. The Morgan fingerprint density at radius 3 is 2.81 bits per heavy atom. The minimum atomic E-state index is -0.519. The number of fused-ring (bicyclic) bond motifs is 1. The number of aromatic nitrogens is 3. The van der Waals surface area contributed by atoms with E-state index < -0.39 is 5.91 Å². The third-order valence-corrected chi connectivity index (χ3v) is 5.16. The van der Waals surface area contributed by atoms with Crippen LogP contribution in [0.1, 0.15) is 28.7 Å². The highest BCUT2D eigenvalue weighted by molar-refractivity contribution is 5.93. The van der Waals surface area contributed by atoms with Gasteiger partial charge in [-0.3, -0.25) is 4.79 Å². The molecule has 0 aliphatic rings. The van der Waals surface area contributed by atoms with Gasteiger partial charge in [0.05, 0.1) is 0 Å². The molecule has 0 aliphatic carbocycles. The van der Waals surface area contributed by atoms with E-state index in [-0.39, 0.29) is 6.04 Å². The molecule has 2 aromatic heterocycles. The Hall–Kier alpha value is -4.13. The number of carbonyl (C=O) groups is 1. The topological polar surface area (TPSA) is 123 Å². The number of nitrogens with zero attached hydrogens (tertiary/aromatic N) is 2. The molecule has 31 heavy (non-hydrogen) atoms. The number of amides is 1. The molecule has 0 saturated heterocycles. The van der Waals surface area contributed by atoms with Gasteiger partial charge in [-0.1, -0.05) is 36.4 Å². The molecule has 156 valence electrons. The average molecular weight is 412 g/mol. The van der Waals surface area contributed by atoms with Crippen molar-refractivity contribution >= 4 is 28.2 Å². The van der Waals surface area contributed by atoms with Gasteiger partial charge in [-0.15, -0.1) is 0 Å². The van der Waals surface area contributed by atoms with Crippen molar-refractivity contribution in [3.63, 3.8) is 0 Å². The van der Waals surface area contributed by atoms with Gasteiger partial charge in [-0.25, -0.2) is 9.97 Å². The summed E-state index contributed by atoms with van der Waals surface area (Å²) in [5.41, 5.74) is 15.5. The van der Waals surface area contributed by atoms with Crippen LogP contribution >= 0.6 is 0 Å². The normalized spacial score (nSPS) is 11.9. The summed E-state index contributed by atoms with van der Waals surface area (Å²) in [6, 6.07) is 15.9. The number of nitrogen functional groups attached to an aromatic ring is 1. The van der Waals surface area contributed by atoms with Crippen LogP contribution in [0.2, 0.25) is 0 Å². The quantitative estimate of drug-likeness (QED) is 0.345. The predicted octanol–water partition coefficient (Wildman–Crippen LogP) is 3.63. The third-order valence-electron chi connectivity index (χ3n) is 5.16. The van der Waals surface area contributed by atoms with Gasteiger partial charge in [0.25, 0.3) is 0 Å². The zero-order valence-electron chi connectivity index (χ0n) is 17.2. The minimum absolute atomic E-state index is 0.230. The molecule has 4 rings (SSSR count). The van der Waals surface area contributed by atoms with Crippen LogP contribution in [-0.2, 0) is 11.2 Å². The van der Waals surface area contributed by atoms with E-state index in [2.05, 4.69) is 52.0 Å². The number of nitrogens with one attached hydrogen (secondary N) is 2. The molecule has 7 heteroatoms. The fourth-order valence-corrected chi connectivity index (χ4v) is 3.55. The molecule has 4 aromatic rings. The number of pyridine rings is 1. The number of primary amides is 1. The summed E-state index contributed by atoms with van der Waals surface area (Å²) >= 11 is 0. The number of aryl methyl sites for hydroxylation is 1. The summed E-state index contributed by atoms with van der Waals surface area (Å²) in [6.07, 6.45) is 3.73. The van der Waals surface area contributed by atoms with Crippen LogP contribution < -0.4 is 16.8 Å². The van der Waals surface area contributed by atoms with Crippen molar-refractivity contribution in [1.29, 1.82) is 0 Å². The summed E-state index contributed by atoms with van der Waals surface area (Å²) in [7, 11) is 0. The van der Waals surface area contributed by atoms with Crippen molar-refractivity contribution in [2.75, 3.05) is 11.1 Å². The lowest BCUT2D eigenvalue weighted by molar-refractivity contribution is -0.114. The van der Waals surface area contributed by atoms with Crippen LogP contribution in [-0.4, -0.2) is 20.9 Å². The number of hydrogen-bond acceptors (Lipinski definition) is 5. The zero-order chi connectivity index (χ0) is 22.0. The summed E-state index contributed by atoms with van der Waals surface area (Å²) < 4.78 is 0. The van der Waals surface area contributed by atoms with Gasteiger partial charge in [0.15, 0.2) is 0 Å². The van der Waals surface area contributed by atoms with E-state index in [1.165, 1.54) is 0 Å². The average Bonchev–Trinajstić information content (AvgIpc) is 3.20. The maximum atomic E-state index is 11.3. The van der Waals surface area contributed by atoms with Gasteiger partial charge in [0.1, 0.15) is 17.7 Å². The maximum absolute atomic E-state index is 11.3. The first-order valence-corrected chi connectivity index (χ1v) is 9.89. The van der Waals surface area contributed by atoms with Gasteiger partial charge < -0.3 is 21.8 Å². The van der Waals surface area contributed by atoms with Crippen LogP contribution in [0, 0.1) is 6.92 Å². The first-order chi connectivity index (χ1) is 14.9. The summed E-state index contributed by atoms with van der Waals surface area (Å²) in [5.74, 6) is 0.714. The number of rotatable bonds is 7. The van der Waals surface area contributed by atoms with Crippen molar-refractivity contribution in [1.82, 2.24) is 15.0 Å². The molecule has 7 nitrogen and oxygen atoms in total. The highest BCUT2D eigenvalue weighted by Crippen LogP contribution is 2.29. The van der Waals surface area contributed by atoms with E-state index in [0.717, 1.165) is 39.1 Å². The fraction of sp³-hybridized carbons (Fsp3) is 0.125. The second-order valence-corrected chi connectivity index (χ2v) is 7.56. The highest BCUT2D eigenvalue weighted by Gasteiger charge is 2.19. The summed E-state index contributed by atoms with van der Waals surface area (Å²) in [6.45, 7) is 5.78. The van der Waals surface area contributed by atoms with Gasteiger partial charge in [-0.05, 0) is 42.1 Å². The second kappa shape index (κ2) is 8.31. The van der Waals surface area contributed by atoms with E-state index in [0.29, 0.717) is 17.8 Å². The van der Waals surface area contributed by atoms with Gasteiger partial charge >= 0.3 is 0 Å². The standard InChI is InChI=1S/C24H24N6O/c1-14-4-3-5-17(10-14)21(24-28-13-19(30-24)11-15(2)23(26)31)29-18-6-7-20-16(12-18)8-9-27-22(20)25/h3-10,12-13,21,29H,2,11H2,1H3,(H2,25,27)(H2,26,31)(H,28,30). The number of carbonyl (C=O) groups excluding carboxylic acids is 1. The molecule has 0 spiro atoms. The van der Waals surface area contributed by atoms with E-state index in [9.17, 15) is 4.79 Å². The molecule has 0 radical (unpaired) electrons. The Bertz CT molecular complexity index is 1280.